The number of carbonyl (C=O) groups excluding carboxylic acids is 1. The monoisotopic (exact) mass is 324 g/mol. The first kappa shape index (κ1) is 17.4. The van der Waals surface area contributed by atoms with Gasteiger partial charge < -0.3 is 14.4 Å². The zero-order valence-corrected chi connectivity index (χ0v) is 13.9. The Hall–Kier alpha value is -3.00. The van der Waals surface area contributed by atoms with Crippen molar-refractivity contribution in [1.82, 2.24) is 0 Å². The lowest BCUT2D eigenvalue weighted by atomic mass is 10.2. The average Bonchev–Trinajstić information content (AvgIpc) is 2.62. The molecule has 2 rings (SSSR count). The summed E-state index contributed by atoms with van der Waals surface area (Å²) in [4.78, 5) is 14.1. The number of ether oxygens (including phenoxy) is 2. The van der Waals surface area contributed by atoms with Gasteiger partial charge in [0, 0.05) is 18.3 Å². The van der Waals surface area contributed by atoms with Gasteiger partial charge in [-0.15, -0.1) is 0 Å². The van der Waals surface area contributed by atoms with E-state index in [4.69, 9.17) is 14.7 Å². The van der Waals surface area contributed by atoms with Gasteiger partial charge >= 0.3 is 0 Å². The fourth-order valence-electron chi connectivity index (χ4n) is 2.29. The first-order chi connectivity index (χ1) is 11.7. The summed E-state index contributed by atoms with van der Waals surface area (Å²) >= 11 is 0. The summed E-state index contributed by atoms with van der Waals surface area (Å²) in [6.45, 7) is 4.66. The molecule has 0 saturated carbocycles. The minimum atomic E-state index is -0.143. The van der Waals surface area contributed by atoms with Crippen LogP contribution < -0.4 is 14.4 Å². The summed E-state index contributed by atoms with van der Waals surface area (Å²) < 4.78 is 11.1. The van der Waals surface area contributed by atoms with Gasteiger partial charge in [-0.3, -0.25) is 4.79 Å². The molecular weight excluding hydrogens is 304 g/mol. The standard InChI is InChI=1S/C19H20N2O3/c1-3-21(16-8-6-5-7-9-16)19(22)14-24-17-11-10-15(13-20)12-18(17)23-4-2/h5-12H,3-4,14H2,1-2H3. The van der Waals surface area contributed by atoms with Crippen LogP contribution in [0.25, 0.3) is 0 Å². The zero-order valence-electron chi connectivity index (χ0n) is 13.9. The minimum absolute atomic E-state index is 0.102. The van der Waals surface area contributed by atoms with E-state index in [1.54, 1.807) is 23.1 Å². The molecule has 0 aliphatic rings. The van der Waals surface area contributed by atoms with E-state index in [1.165, 1.54) is 0 Å². The molecule has 0 radical (unpaired) electrons. The van der Waals surface area contributed by atoms with Crippen LogP contribution in [0.1, 0.15) is 19.4 Å². The molecule has 0 aliphatic heterocycles. The summed E-state index contributed by atoms with van der Waals surface area (Å²) in [6.07, 6.45) is 0. The zero-order chi connectivity index (χ0) is 17.4. The van der Waals surface area contributed by atoms with Gasteiger partial charge in [0.05, 0.1) is 18.2 Å². The SMILES string of the molecule is CCOc1cc(C#N)ccc1OCC(=O)N(CC)c1ccccc1. The van der Waals surface area contributed by atoms with Crippen LogP contribution in [0, 0.1) is 11.3 Å². The molecule has 24 heavy (non-hydrogen) atoms. The van der Waals surface area contributed by atoms with Crippen molar-refractivity contribution in [3.63, 3.8) is 0 Å². The number of rotatable bonds is 7. The molecule has 0 atom stereocenters. The Balaban J connectivity index is 2.09. The van der Waals surface area contributed by atoms with Gasteiger partial charge in [0.25, 0.3) is 5.91 Å². The van der Waals surface area contributed by atoms with Crippen LogP contribution in [0.3, 0.4) is 0 Å². The largest absolute Gasteiger partial charge is 0.490 e. The maximum Gasteiger partial charge on any atom is 0.264 e. The van der Waals surface area contributed by atoms with Crippen LogP contribution in [-0.4, -0.2) is 25.7 Å². The smallest absolute Gasteiger partial charge is 0.264 e. The van der Waals surface area contributed by atoms with Gasteiger partial charge in [-0.05, 0) is 38.1 Å². The number of benzene rings is 2. The van der Waals surface area contributed by atoms with E-state index >= 15 is 0 Å². The molecule has 0 fully saturated rings. The van der Waals surface area contributed by atoms with Crippen LogP contribution in [0.2, 0.25) is 0 Å². The highest BCUT2D eigenvalue weighted by Gasteiger charge is 2.15. The number of hydrogen-bond donors (Lipinski definition) is 0. The number of para-hydroxylation sites is 1. The molecule has 5 heteroatoms. The Morgan fingerprint density at radius 1 is 1.08 bits per heavy atom. The average molecular weight is 324 g/mol. The van der Waals surface area contributed by atoms with Crippen LogP contribution in [-0.2, 0) is 4.79 Å². The van der Waals surface area contributed by atoms with Crippen LogP contribution in [0.15, 0.2) is 48.5 Å². The Morgan fingerprint density at radius 3 is 2.46 bits per heavy atom. The summed E-state index contributed by atoms with van der Waals surface area (Å²) in [5.41, 5.74) is 1.31. The Morgan fingerprint density at radius 2 is 1.83 bits per heavy atom. The predicted octanol–water partition coefficient (Wildman–Crippen LogP) is 3.39. The molecule has 0 N–H and O–H groups in total. The fraction of sp³-hybridized carbons (Fsp3) is 0.263. The van der Waals surface area contributed by atoms with Gasteiger partial charge in [0.1, 0.15) is 0 Å². The maximum absolute atomic E-state index is 12.4. The van der Waals surface area contributed by atoms with E-state index in [9.17, 15) is 4.79 Å². The number of carbonyl (C=O) groups is 1. The van der Waals surface area contributed by atoms with Crippen LogP contribution in [0.5, 0.6) is 11.5 Å². The lowest BCUT2D eigenvalue weighted by molar-refractivity contribution is -0.120. The summed E-state index contributed by atoms with van der Waals surface area (Å²) in [5.74, 6) is 0.774. The Labute approximate surface area is 142 Å². The van der Waals surface area contributed by atoms with Gasteiger partial charge in [-0.2, -0.15) is 5.26 Å². The molecule has 0 heterocycles. The van der Waals surface area contributed by atoms with E-state index in [0.29, 0.717) is 30.2 Å². The Bertz CT molecular complexity index is 723. The molecule has 0 bridgehead atoms. The number of amides is 1. The normalized spacial score (nSPS) is 9.88. The van der Waals surface area contributed by atoms with Crippen molar-refractivity contribution >= 4 is 11.6 Å². The molecule has 0 saturated heterocycles. The minimum Gasteiger partial charge on any atom is -0.490 e. The highest BCUT2D eigenvalue weighted by Crippen LogP contribution is 2.28. The first-order valence-electron chi connectivity index (χ1n) is 7.84. The van der Waals surface area contributed by atoms with Crippen LogP contribution in [0.4, 0.5) is 5.69 Å². The first-order valence-corrected chi connectivity index (χ1v) is 7.84. The van der Waals surface area contributed by atoms with Gasteiger partial charge in [0.15, 0.2) is 18.1 Å². The van der Waals surface area contributed by atoms with Crippen molar-refractivity contribution in [2.75, 3.05) is 24.7 Å². The van der Waals surface area contributed by atoms with Crippen molar-refractivity contribution < 1.29 is 14.3 Å². The predicted molar refractivity (Wildman–Crippen MR) is 92.3 cm³/mol. The molecule has 0 spiro atoms. The number of nitriles is 1. The molecule has 0 unspecified atom stereocenters. The lowest BCUT2D eigenvalue weighted by Crippen LogP contribution is -2.34. The van der Waals surface area contributed by atoms with Crippen molar-refractivity contribution in [2.24, 2.45) is 0 Å². The van der Waals surface area contributed by atoms with E-state index in [2.05, 4.69) is 6.07 Å². The third kappa shape index (κ3) is 4.26. The summed E-state index contributed by atoms with van der Waals surface area (Å²) in [5, 5.41) is 8.96. The summed E-state index contributed by atoms with van der Waals surface area (Å²) in [7, 11) is 0. The molecule has 5 nitrogen and oxygen atoms in total. The number of nitrogens with zero attached hydrogens (tertiary/aromatic N) is 2. The number of anilines is 1. The third-order valence-corrected chi connectivity index (χ3v) is 3.41. The number of hydrogen-bond acceptors (Lipinski definition) is 4. The third-order valence-electron chi connectivity index (χ3n) is 3.41. The van der Waals surface area contributed by atoms with Crippen LogP contribution >= 0.6 is 0 Å². The van der Waals surface area contributed by atoms with Gasteiger partial charge in [0.2, 0.25) is 0 Å². The van der Waals surface area contributed by atoms with Crippen molar-refractivity contribution in [3.05, 3.63) is 54.1 Å². The van der Waals surface area contributed by atoms with E-state index in [-0.39, 0.29) is 12.5 Å². The highest BCUT2D eigenvalue weighted by molar-refractivity contribution is 5.94. The quantitative estimate of drug-likeness (QED) is 0.783. The summed E-state index contributed by atoms with van der Waals surface area (Å²) in [6, 6.07) is 16.4. The van der Waals surface area contributed by atoms with Gasteiger partial charge in [-0.1, -0.05) is 18.2 Å². The molecule has 124 valence electrons. The molecule has 2 aromatic carbocycles. The highest BCUT2D eigenvalue weighted by atomic mass is 16.5. The Kier molecular flexibility index (Phi) is 6.21. The molecule has 1 amide bonds. The molecule has 2 aromatic rings. The second-order valence-electron chi connectivity index (χ2n) is 4.97. The maximum atomic E-state index is 12.4. The lowest BCUT2D eigenvalue weighted by Gasteiger charge is -2.21. The topological polar surface area (TPSA) is 62.6 Å². The van der Waals surface area contributed by atoms with Crippen molar-refractivity contribution in [2.45, 2.75) is 13.8 Å². The van der Waals surface area contributed by atoms with E-state index in [1.807, 2.05) is 44.2 Å². The van der Waals surface area contributed by atoms with Crippen molar-refractivity contribution in [1.29, 1.82) is 5.26 Å². The second kappa shape index (κ2) is 8.59. The van der Waals surface area contributed by atoms with Crippen molar-refractivity contribution in [3.8, 4) is 17.6 Å². The van der Waals surface area contributed by atoms with E-state index < -0.39 is 0 Å². The van der Waals surface area contributed by atoms with Gasteiger partial charge in [-0.25, -0.2) is 0 Å². The van der Waals surface area contributed by atoms with E-state index in [0.717, 1.165) is 5.69 Å². The number of likely N-dealkylation sites (N-methyl/N-ethyl adjacent to an activating group) is 1. The molecule has 0 aromatic heterocycles. The second-order valence-corrected chi connectivity index (χ2v) is 4.97. The molecular formula is C19H20N2O3. The fourth-order valence-corrected chi connectivity index (χ4v) is 2.29. The molecule has 0 aliphatic carbocycles.